The van der Waals surface area contributed by atoms with Gasteiger partial charge in [-0.25, -0.2) is 4.79 Å². The van der Waals surface area contributed by atoms with Crippen LogP contribution >= 0.6 is 0 Å². The maximum Gasteiger partial charge on any atom is 0.337 e. The van der Waals surface area contributed by atoms with Crippen molar-refractivity contribution in [3.05, 3.63) is 77.5 Å². The molecule has 6 heteroatoms. The van der Waals surface area contributed by atoms with E-state index in [1.165, 1.54) is 7.11 Å². The predicted molar refractivity (Wildman–Crippen MR) is 131 cm³/mol. The van der Waals surface area contributed by atoms with Gasteiger partial charge in [0.25, 0.3) is 0 Å². The molecule has 0 spiro atoms. The Labute approximate surface area is 195 Å². The Morgan fingerprint density at radius 1 is 1.15 bits per heavy atom. The monoisotopic (exact) mass is 448 g/mol. The van der Waals surface area contributed by atoms with Crippen LogP contribution in [-0.4, -0.2) is 37.6 Å². The minimum absolute atomic E-state index is 0.0302. The molecule has 1 amide bonds. The van der Waals surface area contributed by atoms with Crippen LogP contribution in [-0.2, 0) is 16.0 Å². The van der Waals surface area contributed by atoms with E-state index < -0.39 is 5.97 Å². The van der Waals surface area contributed by atoms with E-state index in [4.69, 9.17) is 9.47 Å². The van der Waals surface area contributed by atoms with Crippen molar-refractivity contribution in [1.82, 2.24) is 10.3 Å². The Morgan fingerprint density at radius 2 is 1.97 bits per heavy atom. The highest BCUT2D eigenvalue weighted by Crippen LogP contribution is 2.38. The van der Waals surface area contributed by atoms with Gasteiger partial charge in [0.15, 0.2) is 0 Å². The number of carbonyl (C=O) groups is 2. The number of unbranched alkanes of at least 4 members (excludes halogenated alkanes) is 1. The molecular formula is C27H32N2O4. The number of carbonyl (C=O) groups excluding carboxylic acids is 2. The van der Waals surface area contributed by atoms with Gasteiger partial charge in [0, 0.05) is 35.1 Å². The highest BCUT2D eigenvalue weighted by molar-refractivity contribution is 5.90. The lowest BCUT2D eigenvalue weighted by atomic mass is 9.86. The zero-order valence-corrected chi connectivity index (χ0v) is 19.6. The second-order valence-electron chi connectivity index (χ2n) is 8.03. The quantitative estimate of drug-likeness (QED) is 0.242. The van der Waals surface area contributed by atoms with Crippen LogP contribution in [0.3, 0.4) is 0 Å². The first-order chi connectivity index (χ1) is 16.0. The number of rotatable bonds is 11. The standard InChI is InChI=1S/C27H32N2O4/c1-5-7-13-28-26(30)15-18-9-12-24-22(14-18)23(17-29-24)20(8-6-2)21-11-10-19(27(31)33-4)16-25(21)32-3/h6,9-12,14,16-17,20,29H,2,5,7-8,13,15H2,1,3-4H3,(H,28,30). The fraction of sp³-hybridized carbons (Fsp3) is 0.333. The molecule has 2 N–H and O–H groups in total. The highest BCUT2D eigenvalue weighted by Gasteiger charge is 2.22. The number of amides is 1. The average Bonchev–Trinajstić information content (AvgIpc) is 3.24. The number of allylic oxidation sites excluding steroid dienone is 1. The lowest BCUT2D eigenvalue weighted by Crippen LogP contribution is -2.25. The molecule has 0 aliphatic rings. The van der Waals surface area contributed by atoms with Gasteiger partial charge in [0.05, 0.1) is 26.2 Å². The van der Waals surface area contributed by atoms with Gasteiger partial charge in [0.1, 0.15) is 5.75 Å². The normalized spacial score (nSPS) is 11.7. The van der Waals surface area contributed by atoms with Gasteiger partial charge in [-0.2, -0.15) is 0 Å². The maximum atomic E-state index is 12.3. The number of aromatic amines is 1. The van der Waals surface area contributed by atoms with Crippen LogP contribution in [0.1, 0.15) is 59.2 Å². The number of esters is 1. The van der Waals surface area contributed by atoms with Gasteiger partial charge in [-0.3, -0.25) is 4.79 Å². The van der Waals surface area contributed by atoms with E-state index >= 15 is 0 Å². The molecular weight excluding hydrogens is 416 g/mol. The van der Waals surface area contributed by atoms with Crippen LogP contribution in [0.4, 0.5) is 0 Å². The van der Waals surface area contributed by atoms with Crippen LogP contribution in [0.15, 0.2) is 55.3 Å². The van der Waals surface area contributed by atoms with Gasteiger partial charge in [0.2, 0.25) is 5.91 Å². The summed E-state index contributed by atoms with van der Waals surface area (Å²) in [4.78, 5) is 27.6. The van der Waals surface area contributed by atoms with Crippen LogP contribution in [0.2, 0.25) is 0 Å². The van der Waals surface area contributed by atoms with Crippen molar-refractivity contribution in [2.24, 2.45) is 0 Å². The van der Waals surface area contributed by atoms with E-state index in [2.05, 4.69) is 29.9 Å². The third kappa shape index (κ3) is 5.64. The molecule has 3 rings (SSSR count). The zero-order chi connectivity index (χ0) is 23.8. The zero-order valence-electron chi connectivity index (χ0n) is 19.6. The highest BCUT2D eigenvalue weighted by atomic mass is 16.5. The van der Waals surface area contributed by atoms with Crippen molar-refractivity contribution in [2.45, 2.75) is 38.5 Å². The molecule has 1 aromatic heterocycles. The predicted octanol–water partition coefficient (Wildman–Crippen LogP) is 5.13. The van der Waals surface area contributed by atoms with E-state index in [0.29, 0.717) is 30.7 Å². The molecule has 1 unspecified atom stereocenters. The minimum atomic E-state index is -0.408. The Hall–Kier alpha value is -3.54. The Morgan fingerprint density at radius 3 is 2.67 bits per heavy atom. The third-order valence-corrected chi connectivity index (χ3v) is 5.80. The average molecular weight is 449 g/mol. The topological polar surface area (TPSA) is 80.4 Å². The number of benzene rings is 2. The first-order valence-electron chi connectivity index (χ1n) is 11.3. The van der Waals surface area contributed by atoms with Gasteiger partial charge in [-0.05, 0) is 48.2 Å². The Balaban J connectivity index is 1.97. The van der Waals surface area contributed by atoms with Crippen LogP contribution in [0.25, 0.3) is 10.9 Å². The number of methoxy groups -OCH3 is 2. The molecule has 0 saturated heterocycles. The molecule has 6 nitrogen and oxygen atoms in total. The minimum Gasteiger partial charge on any atom is -0.496 e. The van der Waals surface area contributed by atoms with Crippen molar-refractivity contribution in [3.8, 4) is 5.75 Å². The van der Waals surface area contributed by atoms with E-state index in [9.17, 15) is 9.59 Å². The lowest BCUT2D eigenvalue weighted by Gasteiger charge is -2.19. The first-order valence-corrected chi connectivity index (χ1v) is 11.3. The van der Waals surface area contributed by atoms with Crippen molar-refractivity contribution in [2.75, 3.05) is 20.8 Å². The second kappa shape index (κ2) is 11.4. The fourth-order valence-electron chi connectivity index (χ4n) is 4.07. The van der Waals surface area contributed by atoms with Gasteiger partial charge < -0.3 is 19.8 Å². The van der Waals surface area contributed by atoms with Crippen LogP contribution < -0.4 is 10.1 Å². The number of hydrogen-bond acceptors (Lipinski definition) is 4. The molecule has 0 saturated carbocycles. The molecule has 0 radical (unpaired) electrons. The molecule has 0 fully saturated rings. The molecule has 2 aromatic carbocycles. The van der Waals surface area contributed by atoms with Crippen LogP contribution in [0.5, 0.6) is 5.75 Å². The molecule has 0 bridgehead atoms. The molecule has 0 aliphatic carbocycles. The summed E-state index contributed by atoms with van der Waals surface area (Å²) >= 11 is 0. The number of hydrogen-bond donors (Lipinski definition) is 2. The number of fused-ring (bicyclic) bond motifs is 1. The summed E-state index contributed by atoms with van der Waals surface area (Å²) < 4.78 is 10.5. The van der Waals surface area contributed by atoms with Crippen LogP contribution in [0, 0.1) is 0 Å². The van der Waals surface area contributed by atoms with Crippen molar-refractivity contribution < 1.29 is 19.1 Å². The first kappa shape index (κ1) is 24.1. The summed E-state index contributed by atoms with van der Waals surface area (Å²) in [5.74, 6) is 0.203. The Bertz CT molecular complexity index is 1130. The summed E-state index contributed by atoms with van der Waals surface area (Å²) in [7, 11) is 2.95. The smallest absolute Gasteiger partial charge is 0.337 e. The molecule has 174 valence electrons. The van der Waals surface area contributed by atoms with Gasteiger partial charge in [-0.1, -0.05) is 31.6 Å². The summed E-state index contributed by atoms with van der Waals surface area (Å²) in [5.41, 5.74) is 4.43. The Kier molecular flexibility index (Phi) is 8.30. The molecule has 1 atom stereocenters. The SMILES string of the molecule is C=CCC(c1ccc(C(=O)OC)cc1OC)c1c[nH]c2ccc(CC(=O)NCCCC)cc12. The number of aromatic nitrogens is 1. The molecule has 3 aromatic rings. The largest absolute Gasteiger partial charge is 0.496 e. The summed E-state index contributed by atoms with van der Waals surface area (Å²) in [6.07, 6.45) is 6.93. The van der Waals surface area contributed by atoms with E-state index in [-0.39, 0.29) is 11.8 Å². The van der Waals surface area contributed by atoms with E-state index in [1.807, 2.05) is 30.5 Å². The van der Waals surface area contributed by atoms with E-state index in [0.717, 1.165) is 40.4 Å². The molecule has 1 heterocycles. The van der Waals surface area contributed by atoms with Crippen molar-refractivity contribution >= 4 is 22.8 Å². The van der Waals surface area contributed by atoms with E-state index in [1.54, 1.807) is 19.2 Å². The summed E-state index contributed by atoms with van der Waals surface area (Å²) in [5, 5.41) is 4.03. The second-order valence-corrected chi connectivity index (χ2v) is 8.03. The fourth-order valence-corrected chi connectivity index (χ4v) is 4.07. The summed E-state index contributed by atoms with van der Waals surface area (Å²) in [6, 6.07) is 11.4. The lowest BCUT2D eigenvalue weighted by molar-refractivity contribution is -0.120. The molecule has 0 aliphatic heterocycles. The molecule has 33 heavy (non-hydrogen) atoms. The van der Waals surface area contributed by atoms with Gasteiger partial charge in [-0.15, -0.1) is 6.58 Å². The van der Waals surface area contributed by atoms with Gasteiger partial charge >= 0.3 is 5.97 Å². The maximum absolute atomic E-state index is 12.3. The number of nitrogens with one attached hydrogen (secondary N) is 2. The van der Waals surface area contributed by atoms with Crippen molar-refractivity contribution in [1.29, 1.82) is 0 Å². The third-order valence-electron chi connectivity index (χ3n) is 5.80. The van der Waals surface area contributed by atoms with Crippen molar-refractivity contribution in [3.63, 3.8) is 0 Å². The summed E-state index contributed by atoms with van der Waals surface area (Å²) in [6.45, 7) is 6.75. The number of ether oxygens (including phenoxy) is 2. The number of H-pyrrole nitrogens is 1.